The van der Waals surface area contributed by atoms with Gasteiger partial charge in [-0.3, -0.25) is 19.6 Å². The van der Waals surface area contributed by atoms with E-state index >= 15 is 0 Å². The third kappa shape index (κ3) is 6.60. The minimum Gasteiger partial charge on any atom is -0.404 e. The van der Waals surface area contributed by atoms with E-state index in [9.17, 15) is 22.8 Å². The maximum atomic E-state index is 13.3. The second kappa shape index (κ2) is 10.6. The van der Waals surface area contributed by atoms with E-state index < -0.39 is 23.2 Å². The Morgan fingerprint density at radius 1 is 1.26 bits per heavy atom. The van der Waals surface area contributed by atoms with Crippen LogP contribution in [0.3, 0.4) is 0 Å². The lowest BCUT2D eigenvalue weighted by Crippen LogP contribution is -2.49. The van der Waals surface area contributed by atoms with Crippen molar-refractivity contribution in [2.75, 3.05) is 5.32 Å². The monoisotopic (exact) mass is 506 g/mol. The number of carbonyl (C=O) groups is 2. The van der Waals surface area contributed by atoms with Crippen LogP contribution in [-0.2, 0) is 22.3 Å². The molecular formula is C23H22ClF3N6O2. The van der Waals surface area contributed by atoms with Crippen molar-refractivity contribution in [2.45, 2.75) is 31.1 Å². The smallest absolute Gasteiger partial charge is 0.404 e. The van der Waals surface area contributed by atoms with Gasteiger partial charge in [-0.25, -0.2) is 0 Å². The number of rotatable bonds is 9. The number of carbonyl (C=O) groups excluding carboxylic acids is 2. The zero-order chi connectivity index (χ0) is 25.6. The van der Waals surface area contributed by atoms with E-state index in [0.717, 1.165) is 12.3 Å². The van der Waals surface area contributed by atoms with Crippen molar-refractivity contribution in [2.24, 2.45) is 10.7 Å². The van der Waals surface area contributed by atoms with Crippen LogP contribution in [0.4, 0.5) is 24.5 Å². The molecule has 1 aromatic carbocycles. The second-order valence-corrected chi connectivity index (χ2v) is 8.09. The molecular weight excluding hydrogens is 485 g/mol. The molecule has 1 aromatic heterocycles. The number of alkyl halides is 3. The van der Waals surface area contributed by atoms with Crippen molar-refractivity contribution in [3.05, 3.63) is 77.4 Å². The molecule has 0 bridgehead atoms. The average molecular weight is 507 g/mol. The summed E-state index contributed by atoms with van der Waals surface area (Å²) in [6.45, 7) is 3.47. The number of anilines is 2. The zero-order valence-electron chi connectivity index (χ0n) is 18.3. The summed E-state index contributed by atoms with van der Waals surface area (Å²) in [4.78, 5) is 32.9. The maximum Gasteiger partial charge on any atom is 0.418 e. The summed E-state index contributed by atoms with van der Waals surface area (Å²) in [5.74, 6) is -0.928. The van der Waals surface area contributed by atoms with Crippen LogP contribution in [-0.4, -0.2) is 28.6 Å². The predicted octanol–water partition coefficient (Wildman–Crippen LogP) is 3.82. The molecule has 0 unspecified atom stereocenters. The van der Waals surface area contributed by atoms with E-state index in [0.29, 0.717) is 24.2 Å². The number of aromatic nitrogens is 1. The lowest BCUT2D eigenvalue weighted by atomic mass is 10.1. The Labute approximate surface area is 204 Å². The molecule has 3 rings (SSSR count). The molecule has 1 aliphatic rings. The molecule has 8 nitrogen and oxygen atoms in total. The van der Waals surface area contributed by atoms with E-state index in [2.05, 4.69) is 32.5 Å². The van der Waals surface area contributed by atoms with E-state index in [4.69, 9.17) is 17.3 Å². The van der Waals surface area contributed by atoms with Gasteiger partial charge in [0.1, 0.15) is 5.54 Å². The van der Waals surface area contributed by atoms with Crippen LogP contribution in [0.2, 0.25) is 5.02 Å². The molecule has 0 radical (unpaired) electrons. The molecule has 2 amide bonds. The van der Waals surface area contributed by atoms with Gasteiger partial charge in [0.25, 0.3) is 5.91 Å². The standard InChI is InChI=1S/C23H22ClF3N6O2/c1-2-29-11-14(10-28)20(34)33-22(7-8-22)21(35)31-12-16-4-5-17(13-30-16)32-19-6-3-15(24)9-18(19)23(25,26)27/h2-6,9-11,13,32H,1,7-8,12,28H2,(H,31,35)(H,33,34)/b14-10+,29-11?. The Bertz CT molecular complexity index is 1170. The van der Waals surface area contributed by atoms with Crippen LogP contribution in [0.1, 0.15) is 24.1 Å². The first-order chi connectivity index (χ1) is 16.6. The van der Waals surface area contributed by atoms with Crippen molar-refractivity contribution < 1.29 is 22.8 Å². The largest absolute Gasteiger partial charge is 0.418 e. The van der Waals surface area contributed by atoms with E-state index in [-0.39, 0.29) is 28.7 Å². The van der Waals surface area contributed by atoms with Gasteiger partial charge in [-0.1, -0.05) is 18.2 Å². The van der Waals surface area contributed by atoms with Gasteiger partial charge in [-0.05, 0) is 43.2 Å². The van der Waals surface area contributed by atoms with Gasteiger partial charge in [0.05, 0.1) is 40.9 Å². The Hall–Kier alpha value is -3.86. The number of nitrogens with two attached hydrogens (primary N) is 1. The van der Waals surface area contributed by atoms with Crippen LogP contribution in [0, 0.1) is 0 Å². The molecule has 1 saturated carbocycles. The highest BCUT2D eigenvalue weighted by atomic mass is 35.5. The molecule has 5 N–H and O–H groups in total. The minimum absolute atomic E-state index is 0.0307. The summed E-state index contributed by atoms with van der Waals surface area (Å²) in [5, 5.41) is 8.02. The van der Waals surface area contributed by atoms with Gasteiger partial charge in [0.15, 0.2) is 0 Å². The molecule has 0 saturated heterocycles. The lowest BCUT2D eigenvalue weighted by molar-refractivity contribution is -0.137. The van der Waals surface area contributed by atoms with Gasteiger partial charge in [0.2, 0.25) is 5.91 Å². The zero-order valence-corrected chi connectivity index (χ0v) is 19.1. The van der Waals surface area contributed by atoms with Crippen molar-refractivity contribution in [1.82, 2.24) is 15.6 Å². The van der Waals surface area contributed by atoms with Crippen LogP contribution >= 0.6 is 11.6 Å². The number of amides is 2. The number of nitrogens with one attached hydrogen (secondary N) is 3. The van der Waals surface area contributed by atoms with Crippen LogP contribution in [0.5, 0.6) is 0 Å². The summed E-state index contributed by atoms with van der Waals surface area (Å²) >= 11 is 5.70. The Morgan fingerprint density at radius 2 is 2.00 bits per heavy atom. The van der Waals surface area contributed by atoms with Gasteiger partial charge >= 0.3 is 6.18 Å². The molecule has 1 fully saturated rings. The van der Waals surface area contributed by atoms with E-state index in [1.165, 1.54) is 36.8 Å². The first-order valence-corrected chi connectivity index (χ1v) is 10.7. The van der Waals surface area contributed by atoms with E-state index in [1.807, 2.05) is 0 Å². The van der Waals surface area contributed by atoms with Gasteiger partial charge in [-0.15, -0.1) is 0 Å². The summed E-state index contributed by atoms with van der Waals surface area (Å²) in [5.41, 5.74) is 4.20. The third-order valence-corrected chi connectivity index (χ3v) is 5.35. The first kappa shape index (κ1) is 25.8. The lowest BCUT2D eigenvalue weighted by Gasteiger charge is -2.17. The third-order valence-electron chi connectivity index (χ3n) is 5.12. The van der Waals surface area contributed by atoms with Crippen molar-refractivity contribution in [3.8, 4) is 0 Å². The second-order valence-electron chi connectivity index (χ2n) is 7.65. The predicted molar refractivity (Wildman–Crippen MR) is 127 cm³/mol. The number of pyridine rings is 1. The summed E-state index contributed by atoms with van der Waals surface area (Å²) < 4.78 is 39.8. The van der Waals surface area contributed by atoms with Gasteiger partial charge in [0, 0.05) is 23.6 Å². The fourth-order valence-corrected chi connectivity index (χ4v) is 3.26. The summed E-state index contributed by atoms with van der Waals surface area (Å²) in [6.07, 6.45) is 1.24. The number of benzene rings is 1. The number of halogens is 4. The fraction of sp³-hybridized carbons (Fsp3) is 0.217. The van der Waals surface area contributed by atoms with E-state index in [1.54, 1.807) is 6.07 Å². The number of aliphatic imine (C=N–C) groups is 1. The molecule has 12 heteroatoms. The topological polar surface area (TPSA) is 121 Å². The molecule has 1 aliphatic carbocycles. The summed E-state index contributed by atoms with van der Waals surface area (Å²) in [7, 11) is 0. The van der Waals surface area contributed by atoms with Gasteiger partial charge in [-0.2, -0.15) is 13.2 Å². The molecule has 0 atom stereocenters. The Balaban J connectivity index is 1.59. The van der Waals surface area contributed by atoms with Crippen molar-refractivity contribution in [3.63, 3.8) is 0 Å². The van der Waals surface area contributed by atoms with Gasteiger partial charge < -0.3 is 21.7 Å². The highest BCUT2D eigenvalue weighted by Crippen LogP contribution is 2.38. The first-order valence-electron chi connectivity index (χ1n) is 10.3. The molecule has 0 aliphatic heterocycles. The Kier molecular flexibility index (Phi) is 7.80. The average Bonchev–Trinajstić information content (AvgIpc) is 3.60. The highest BCUT2D eigenvalue weighted by Gasteiger charge is 2.51. The quantitative estimate of drug-likeness (QED) is 0.304. The van der Waals surface area contributed by atoms with Crippen molar-refractivity contribution >= 4 is 41.0 Å². The van der Waals surface area contributed by atoms with Crippen molar-refractivity contribution in [1.29, 1.82) is 0 Å². The fourth-order valence-electron chi connectivity index (χ4n) is 3.09. The molecule has 0 spiro atoms. The number of nitrogens with zero attached hydrogens (tertiary/aromatic N) is 2. The SMILES string of the molecule is C=CN=C/C(=C\N)C(=O)NC1(C(=O)NCc2ccc(Nc3ccc(Cl)cc3C(F)(F)F)cn2)CC1. The molecule has 184 valence electrons. The molecule has 35 heavy (non-hydrogen) atoms. The molecule has 1 heterocycles. The van der Waals surface area contributed by atoms with Crippen LogP contribution in [0.25, 0.3) is 0 Å². The molecule has 2 aromatic rings. The van der Waals surface area contributed by atoms with Crippen LogP contribution < -0.4 is 21.7 Å². The summed E-state index contributed by atoms with van der Waals surface area (Å²) in [6, 6.07) is 6.52. The Morgan fingerprint density at radius 3 is 2.57 bits per heavy atom. The maximum absolute atomic E-state index is 13.3. The number of hydrogen-bond donors (Lipinski definition) is 4. The minimum atomic E-state index is -4.59. The van der Waals surface area contributed by atoms with Crippen LogP contribution in [0.15, 0.2) is 66.1 Å². The highest BCUT2D eigenvalue weighted by molar-refractivity contribution is 6.30. The normalized spacial score (nSPS) is 14.9. The number of hydrogen-bond acceptors (Lipinski definition) is 6.